The van der Waals surface area contributed by atoms with Crippen LogP contribution in [0.5, 0.6) is 0 Å². The number of aromatic nitrogens is 2. The van der Waals surface area contributed by atoms with Crippen LogP contribution >= 0.6 is 11.6 Å². The molecule has 0 amide bonds. The van der Waals surface area contributed by atoms with Gasteiger partial charge in [-0.15, -0.1) is 0 Å². The Morgan fingerprint density at radius 1 is 1.39 bits per heavy atom. The summed E-state index contributed by atoms with van der Waals surface area (Å²) >= 11 is 4.94. The van der Waals surface area contributed by atoms with Crippen molar-refractivity contribution in [3.63, 3.8) is 0 Å². The molecule has 2 N–H and O–H groups in total. The topological polar surface area (TPSA) is 92.2 Å². The molecule has 1 atom stereocenters. The second kappa shape index (κ2) is 4.22. The number of anilines is 1. The molecule has 1 aromatic rings. The van der Waals surface area contributed by atoms with E-state index in [9.17, 15) is 13.0 Å². The van der Waals surface area contributed by atoms with Crippen molar-refractivity contribution in [3.8, 4) is 0 Å². The normalized spacial score (nSPS) is 25.6. The van der Waals surface area contributed by atoms with Crippen molar-refractivity contribution in [2.24, 2.45) is 0 Å². The number of aryl methyl sites for hydroxylation is 1. The summed E-state index contributed by atoms with van der Waals surface area (Å²) < 4.78 is 32.1. The summed E-state index contributed by atoms with van der Waals surface area (Å²) in [6, 6.07) is -0.150. The zero-order valence-corrected chi connectivity index (χ0v) is 11.6. The molecule has 3 heterocycles. The predicted molar refractivity (Wildman–Crippen MR) is 69.9 cm³/mol. The lowest BCUT2D eigenvalue weighted by Gasteiger charge is -2.26. The number of hydrogen-bond acceptors (Lipinski definition) is 6. The number of fused-ring (bicyclic) bond motifs is 1. The molecule has 3 rings (SSSR count). The van der Waals surface area contributed by atoms with Crippen LogP contribution in [0, 0.1) is 0 Å². The molecule has 98 valence electrons. The monoisotopic (exact) mass is 308 g/mol. The highest BCUT2D eigenvalue weighted by atomic mass is 35.5. The van der Waals surface area contributed by atoms with E-state index in [1.54, 1.807) is 0 Å². The molecule has 0 aromatic carbocycles. The zero-order chi connectivity index (χ0) is 12.9. The highest BCUT2D eigenvalue weighted by Gasteiger charge is 2.40. The molecule has 1 aromatic heterocycles. The van der Waals surface area contributed by atoms with Gasteiger partial charge in [-0.05, 0) is 11.6 Å². The first-order valence-corrected chi connectivity index (χ1v) is 8.93. The summed E-state index contributed by atoms with van der Waals surface area (Å²) in [7, 11) is -2.89. The average molecular weight is 309 g/mol. The van der Waals surface area contributed by atoms with Gasteiger partial charge >= 0.3 is 0 Å². The molecule has 2 aliphatic rings. The molecule has 18 heavy (non-hydrogen) atoms. The molecule has 1 fully saturated rings. The van der Waals surface area contributed by atoms with Crippen LogP contribution in [-0.2, 0) is 27.4 Å². The number of nitrogens with one attached hydrogen (secondary N) is 1. The molecule has 9 heteroatoms. The predicted octanol–water partition coefficient (Wildman–Crippen LogP) is 0.345. The van der Waals surface area contributed by atoms with Gasteiger partial charge in [0.2, 0.25) is 5.28 Å². The summed E-state index contributed by atoms with van der Waals surface area (Å²) in [4.78, 5) is 8.83. The quantitative estimate of drug-likeness (QED) is 0.605. The molecule has 0 radical (unpaired) electrons. The Morgan fingerprint density at radius 2 is 2.11 bits per heavy atom. The van der Waals surface area contributed by atoms with Gasteiger partial charge < -0.3 is 5.32 Å². The van der Waals surface area contributed by atoms with Gasteiger partial charge in [-0.3, -0.25) is 0 Å². The maximum Gasteiger partial charge on any atom is 0.253 e. The van der Waals surface area contributed by atoms with Gasteiger partial charge in [-0.1, -0.05) is 0 Å². The van der Waals surface area contributed by atoms with Crippen LogP contribution in [0.4, 0.5) is 5.82 Å². The van der Waals surface area contributed by atoms with E-state index in [2.05, 4.69) is 15.3 Å². The van der Waals surface area contributed by atoms with Crippen LogP contribution in [-0.4, -0.2) is 46.2 Å². The summed E-state index contributed by atoms with van der Waals surface area (Å²) in [6.45, 7) is 0. The van der Waals surface area contributed by atoms with Gasteiger partial charge in [0.05, 0.1) is 17.5 Å². The maximum atomic E-state index is 11.1. The Morgan fingerprint density at radius 3 is 2.78 bits per heavy atom. The third-order valence-corrected chi connectivity index (χ3v) is 6.41. The second-order valence-corrected chi connectivity index (χ2v) is 8.39. The first kappa shape index (κ1) is 12.5. The smallest absolute Gasteiger partial charge is 0.253 e. The average Bonchev–Trinajstić information content (AvgIpc) is 2.57. The van der Waals surface area contributed by atoms with Crippen LogP contribution in [0.1, 0.15) is 5.69 Å². The van der Waals surface area contributed by atoms with Crippen molar-refractivity contribution < 1.29 is 13.0 Å². The zero-order valence-electron chi connectivity index (χ0n) is 9.26. The van der Waals surface area contributed by atoms with Gasteiger partial charge in [0.25, 0.3) is 4.90 Å². The van der Waals surface area contributed by atoms with Crippen LogP contribution in [0.25, 0.3) is 0 Å². The van der Waals surface area contributed by atoms with Crippen molar-refractivity contribution in [1.29, 1.82) is 0 Å². The lowest BCUT2D eigenvalue weighted by Crippen LogP contribution is -2.46. The molecule has 0 saturated carbocycles. The van der Waals surface area contributed by atoms with Gasteiger partial charge in [-0.25, -0.2) is 13.4 Å². The van der Waals surface area contributed by atoms with E-state index < -0.39 is 21.0 Å². The van der Waals surface area contributed by atoms with Crippen molar-refractivity contribution in [2.45, 2.75) is 17.4 Å². The lowest BCUT2D eigenvalue weighted by atomic mass is 10.3. The summed E-state index contributed by atoms with van der Waals surface area (Å²) in [5, 5.41) is 3.16. The third kappa shape index (κ3) is 2.18. The van der Waals surface area contributed by atoms with E-state index >= 15 is 0 Å². The van der Waals surface area contributed by atoms with Gasteiger partial charge in [0.15, 0.2) is 32.6 Å². The summed E-state index contributed by atoms with van der Waals surface area (Å²) in [5.74, 6) is 1.31. The first-order valence-electron chi connectivity index (χ1n) is 5.38. The number of rotatable bonds is 2. The standard InChI is InChI=1S/C9H11ClN3O3S2/c10-9-12-6-1-2-17(14)7(6)8(13-9)11-5-3-18(15,16)4-5/h5,14H,1-4H2,(H,11,12,13)/q+1. The van der Waals surface area contributed by atoms with Crippen molar-refractivity contribution in [1.82, 2.24) is 9.97 Å². The SMILES string of the molecule is O=S1(=O)CC(Nc2nc(Cl)nc3c2[S+](O)CC3)C1. The minimum Gasteiger partial charge on any atom is -0.361 e. The molecule has 2 aliphatic heterocycles. The number of halogens is 1. The van der Waals surface area contributed by atoms with Gasteiger partial charge in [-0.2, -0.15) is 9.54 Å². The van der Waals surface area contributed by atoms with E-state index in [0.717, 1.165) is 5.69 Å². The third-order valence-electron chi connectivity index (χ3n) is 2.93. The second-order valence-electron chi connectivity index (χ2n) is 4.35. The molecule has 1 saturated heterocycles. The fourth-order valence-corrected chi connectivity index (χ4v) is 4.94. The lowest BCUT2D eigenvalue weighted by molar-refractivity contribution is 0.570. The maximum absolute atomic E-state index is 11.1. The van der Waals surface area contributed by atoms with E-state index in [-0.39, 0.29) is 22.8 Å². The van der Waals surface area contributed by atoms with Crippen LogP contribution in [0.15, 0.2) is 4.90 Å². The Hall–Kier alpha value is -0.570. The largest absolute Gasteiger partial charge is 0.361 e. The van der Waals surface area contributed by atoms with Crippen molar-refractivity contribution in [3.05, 3.63) is 11.0 Å². The molecule has 0 spiro atoms. The van der Waals surface area contributed by atoms with Gasteiger partial charge in [0, 0.05) is 6.42 Å². The fourth-order valence-electron chi connectivity index (χ4n) is 2.12. The minimum absolute atomic E-state index is 0.0998. The van der Waals surface area contributed by atoms with E-state index in [1.807, 2.05) is 0 Å². The molecule has 0 aliphatic carbocycles. The van der Waals surface area contributed by atoms with Crippen LogP contribution in [0.2, 0.25) is 5.28 Å². The van der Waals surface area contributed by atoms with Crippen molar-refractivity contribution in [2.75, 3.05) is 22.6 Å². The summed E-state index contributed by atoms with van der Waals surface area (Å²) in [5.41, 5.74) is 0.755. The van der Waals surface area contributed by atoms with E-state index in [0.29, 0.717) is 22.9 Å². The Balaban J connectivity index is 1.88. The number of nitrogens with zero attached hydrogens (tertiary/aromatic N) is 2. The highest BCUT2D eigenvalue weighted by molar-refractivity contribution is 7.93. The molecule has 0 bridgehead atoms. The number of sulfone groups is 1. The Kier molecular flexibility index (Phi) is 2.92. The minimum atomic E-state index is -2.89. The molecule has 1 unspecified atom stereocenters. The van der Waals surface area contributed by atoms with Crippen molar-refractivity contribution >= 4 is 38.4 Å². The van der Waals surface area contributed by atoms with Crippen LogP contribution in [0.3, 0.4) is 0 Å². The summed E-state index contributed by atoms with van der Waals surface area (Å²) in [6.07, 6.45) is 0.675. The van der Waals surface area contributed by atoms with E-state index in [4.69, 9.17) is 11.6 Å². The highest BCUT2D eigenvalue weighted by Crippen LogP contribution is 2.32. The molecular weight excluding hydrogens is 298 g/mol. The first-order chi connectivity index (χ1) is 8.44. The van der Waals surface area contributed by atoms with Gasteiger partial charge in [0.1, 0.15) is 5.69 Å². The fraction of sp³-hybridized carbons (Fsp3) is 0.556. The van der Waals surface area contributed by atoms with Crippen LogP contribution < -0.4 is 5.32 Å². The molecule has 6 nitrogen and oxygen atoms in total. The Labute approximate surface area is 112 Å². The number of hydrogen-bond donors (Lipinski definition) is 2. The Bertz CT molecular complexity index is 595. The van der Waals surface area contributed by atoms with E-state index in [1.165, 1.54) is 0 Å². The molecular formula is C9H11ClN3O3S2+.